The first kappa shape index (κ1) is 29.1. The van der Waals surface area contributed by atoms with E-state index in [-0.39, 0.29) is 12.1 Å². The van der Waals surface area contributed by atoms with Crippen LogP contribution in [-0.2, 0) is 13.6 Å². The standard InChI is InChI=1S/C24H27N7O2S.2C2H6/c1-14-13-34-24(26-14)21-15(2)30(3)11-16-6-8-19(28-22(16)33-21)27-20-9-7-18(23(29-20)32-5)17-10-25-31(4)12-17;2*1-2/h6-10,12-13,15,21H,11H2,1-5H3,(H,27,28,29);2*1-2H3. The van der Waals surface area contributed by atoms with Crippen molar-refractivity contribution in [3.8, 4) is 22.9 Å². The monoisotopic (exact) mass is 537 g/mol. The van der Waals surface area contributed by atoms with Crippen LogP contribution in [0.25, 0.3) is 11.1 Å². The van der Waals surface area contributed by atoms with Gasteiger partial charge in [-0.05, 0) is 45.2 Å². The van der Waals surface area contributed by atoms with Crippen LogP contribution < -0.4 is 14.8 Å². The number of nitrogens with one attached hydrogen (secondary N) is 1. The number of hydrogen-bond donors (Lipinski definition) is 1. The fourth-order valence-corrected chi connectivity index (χ4v) is 4.88. The lowest BCUT2D eigenvalue weighted by atomic mass is 10.1. The predicted octanol–water partition coefficient (Wildman–Crippen LogP) is 6.40. The molecule has 9 nitrogen and oxygen atoms in total. The predicted molar refractivity (Wildman–Crippen MR) is 154 cm³/mol. The highest BCUT2D eigenvalue weighted by Gasteiger charge is 2.32. The third-order valence-corrected chi connectivity index (χ3v) is 6.96. The summed E-state index contributed by atoms with van der Waals surface area (Å²) in [6, 6.07) is 8.00. The summed E-state index contributed by atoms with van der Waals surface area (Å²) in [5.74, 6) is 2.40. The summed E-state index contributed by atoms with van der Waals surface area (Å²) in [5.41, 5.74) is 3.85. The average molecular weight is 538 g/mol. The zero-order chi connectivity index (χ0) is 27.8. The number of rotatable bonds is 5. The Morgan fingerprint density at radius 3 is 2.37 bits per heavy atom. The molecule has 1 N–H and O–H groups in total. The number of thiazole rings is 1. The molecule has 204 valence electrons. The van der Waals surface area contributed by atoms with E-state index >= 15 is 0 Å². The second-order valence-corrected chi connectivity index (χ2v) is 9.35. The highest BCUT2D eigenvalue weighted by Crippen LogP contribution is 2.36. The molecule has 38 heavy (non-hydrogen) atoms. The average Bonchev–Trinajstić information content (AvgIpc) is 3.55. The summed E-state index contributed by atoms with van der Waals surface area (Å²) >= 11 is 1.62. The molecule has 2 atom stereocenters. The van der Waals surface area contributed by atoms with Crippen LogP contribution in [-0.4, -0.2) is 49.8 Å². The molecule has 0 amide bonds. The molecule has 5 rings (SSSR count). The van der Waals surface area contributed by atoms with Crippen LogP contribution in [0.15, 0.2) is 42.0 Å². The van der Waals surface area contributed by atoms with E-state index in [4.69, 9.17) is 14.5 Å². The van der Waals surface area contributed by atoms with Crippen molar-refractivity contribution in [1.29, 1.82) is 0 Å². The molecule has 0 bridgehead atoms. The summed E-state index contributed by atoms with van der Waals surface area (Å²) < 4.78 is 13.7. The van der Waals surface area contributed by atoms with E-state index in [0.29, 0.717) is 23.4 Å². The smallest absolute Gasteiger partial charge is 0.223 e. The van der Waals surface area contributed by atoms with E-state index in [1.54, 1.807) is 29.3 Å². The maximum atomic E-state index is 6.44. The van der Waals surface area contributed by atoms with Crippen LogP contribution in [0.4, 0.5) is 11.6 Å². The quantitative estimate of drug-likeness (QED) is 0.313. The summed E-state index contributed by atoms with van der Waals surface area (Å²) in [6.45, 7) is 12.9. The third kappa shape index (κ3) is 6.49. The number of pyridine rings is 2. The van der Waals surface area contributed by atoms with E-state index in [9.17, 15) is 0 Å². The van der Waals surface area contributed by atoms with Crippen molar-refractivity contribution < 1.29 is 9.47 Å². The lowest BCUT2D eigenvalue weighted by Crippen LogP contribution is -2.34. The Morgan fingerprint density at radius 2 is 1.74 bits per heavy atom. The number of ether oxygens (including phenoxy) is 2. The number of aromatic nitrogens is 5. The van der Waals surface area contributed by atoms with Gasteiger partial charge in [0.05, 0.1) is 19.3 Å². The van der Waals surface area contributed by atoms with Gasteiger partial charge in [-0.1, -0.05) is 27.7 Å². The Balaban J connectivity index is 0.000000956. The molecule has 1 aliphatic heterocycles. The second kappa shape index (κ2) is 13.3. The molecule has 0 saturated heterocycles. The van der Waals surface area contributed by atoms with Crippen molar-refractivity contribution in [3.63, 3.8) is 0 Å². The Morgan fingerprint density at radius 1 is 1.03 bits per heavy atom. The van der Waals surface area contributed by atoms with Crippen LogP contribution >= 0.6 is 11.3 Å². The Kier molecular flexibility index (Phi) is 10.2. The first-order valence-electron chi connectivity index (χ1n) is 13.0. The first-order valence-corrected chi connectivity index (χ1v) is 13.9. The van der Waals surface area contributed by atoms with Crippen LogP contribution in [0.2, 0.25) is 0 Å². The molecular weight excluding hydrogens is 498 g/mol. The van der Waals surface area contributed by atoms with Crippen LogP contribution in [0.1, 0.15) is 57.0 Å². The van der Waals surface area contributed by atoms with Gasteiger partial charge in [-0.3, -0.25) is 9.58 Å². The molecular formula is C28H39N7O2S. The van der Waals surface area contributed by atoms with Gasteiger partial charge in [0.25, 0.3) is 0 Å². The van der Waals surface area contributed by atoms with Crippen molar-refractivity contribution in [2.24, 2.45) is 7.05 Å². The molecule has 0 aromatic carbocycles. The van der Waals surface area contributed by atoms with Gasteiger partial charge in [-0.25, -0.2) is 4.98 Å². The van der Waals surface area contributed by atoms with Crippen molar-refractivity contribution in [3.05, 3.63) is 58.3 Å². The summed E-state index contributed by atoms with van der Waals surface area (Å²) in [4.78, 5) is 16.3. The van der Waals surface area contributed by atoms with Crippen LogP contribution in [0, 0.1) is 6.92 Å². The Bertz CT molecular complexity index is 1320. The van der Waals surface area contributed by atoms with Crippen molar-refractivity contribution in [2.45, 2.75) is 60.2 Å². The van der Waals surface area contributed by atoms with Crippen molar-refractivity contribution in [2.75, 3.05) is 19.5 Å². The molecule has 0 fully saturated rings. The van der Waals surface area contributed by atoms with Crippen molar-refractivity contribution >= 4 is 23.0 Å². The third-order valence-electron chi connectivity index (χ3n) is 5.94. The van der Waals surface area contributed by atoms with E-state index in [1.165, 1.54) is 0 Å². The fraction of sp³-hybridized carbons (Fsp3) is 0.429. The fourth-order valence-electron chi connectivity index (χ4n) is 3.96. The molecule has 0 aliphatic carbocycles. The van der Waals surface area contributed by atoms with Crippen LogP contribution in [0.5, 0.6) is 11.8 Å². The molecule has 10 heteroatoms. The minimum Gasteiger partial charge on any atom is -0.480 e. The maximum Gasteiger partial charge on any atom is 0.223 e. The molecule has 4 aromatic heterocycles. The van der Waals surface area contributed by atoms with E-state index in [2.05, 4.69) is 44.6 Å². The molecule has 5 heterocycles. The number of nitrogens with zero attached hydrogens (tertiary/aromatic N) is 6. The van der Waals surface area contributed by atoms with Gasteiger partial charge in [0, 0.05) is 47.6 Å². The highest BCUT2D eigenvalue weighted by molar-refractivity contribution is 7.09. The molecule has 0 radical (unpaired) electrons. The largest absolute Gasteiger partial charge is 0.480 e. The normalized spacial score (nSPS) is 16.6. The second-order valence-electron chi connectivity index (χ2n) is 8.46. The summed E-state index contributed by atoms with van der Waals surface area (Å²) in [6.07, 6.45) is 3.52. The minimum atomic E-state index is -0.190. The number of methoxy groups -OCH3 is 1. The van der Waals surface area contributed by atoms with Gasteiger partial charge >= 0.3 is 0 Å². The van der Waals surface area contributed by atoms with Crippen molar-refractivity contribution in [1.82, 2.24) is 29.6 Å². The highest BCUT2D eigenvalue weighted by atomic mass is 32.1. The SMILES string of the molecule is CC.CC.COc1nc(Nc2ccc3c(n2)OC(c2nc(C)cs2)C(C)N(C)C3)ccc1-c1cnn(C)c1. The van der Waals surface area contributed by atoms with E-state index < -0.39 is 0 Å². The van der Waals surface area contributed by atoms with Gasteiger partial charge in [0.15, 0.2) is 6.10 Å². The van der Waals surface area contributed by atoms with Gasteiger partial charge in [0.1, 0.15) is 16.6 Å². The number of anilines is 2. The number of fused-ring (bicyclic) bond motifs is 1. The Labute approximate surface area is 229 Å². The topological polar surface area (TPSA) is 90.2 Å². The minimum absolute atomic E-state index is 0.155. The van der Waals surface area contributed by atoms with Crippen LogP contribution in [0.3, 0.4) is 0 Å². The Hall–Kier alpha value is -3.50. The number of aryl methyl sites for hydroxylation is 2. The lowest BCUT2D eigenvalue weighted by molar-refractivity contribution is 0.102. The lowest BCUT2D eigenvalue weighted by Gasteiger charge is -2.26. The summed E-state index contributed by atoms with van der Waals surface area (Å²) in [5, 5.41) is 10.5. The zero-order valence-electron chi connectivity index (χ0n) is 23.8. The number of likely N-dealkylation sites (N-methyl/N-ethyl adjacent to an activating group) is 1. The molecule has 2 unspecified atom stereocenters. The molecule has 1 aliphatic rings. The van der Waals surface area contributed by atoms with Gasteiger partial charge in [-0.15, -0.1) is 11.3 Å². The molecule has 4 aromatic rings. The molecule has 0 spiro atoms. The van der Waals surface area contributed by atoms with Gasteiger partial charge < -0.3 is 14.8 Å². The van der Waals surface area contributed by atoms with E-state index in [0.717, 1.165) is 33.9 Å². The summed E-state index contributed by atoms with van der Waals surface area (Å²) in [7, 11) is 5.59. The maximum absolute atomic E-state index is 6.44. The van der Waals surface area contributed by atoms with E-state index in [1.807, 2.05) is 72.1 Å². The van der Waals surface area contributed by atoms with Gasteiger partial charge in [0.2, 0.25) is 11.8 Å². The van der Waals surface area contributed by atoms with Gasteiger partial charge in [-0.2, -0.15) is 15.1 Å². The molecule has 0 saturated carbocycles. The number of hydrogen-bond acceptors (Lipinski definition) is 9. The zero-order valence-corrected chi connectivity index (χ0v) is 24.6. The first-order chi connectivity index (χ1) is 18.4.